The number of carbonyl (C=O) groups is 4. The third kappa shape index (κ3) is 10.4. The number of rotatable bonds is 16. The Bertz CT molecular complexity index is 1100. The maximum Gasteiger partial charge on any atom is 0.303 e. The molecule has 1 fully saturated rings. The number of hydrogen-bond donors (Lipinski definition) is 0. The molecule has 43 heavy (non-hydrogen) atoms. The van der Waals surface area contributed by atoms with Crippen LogP contribution in [0.4, 0.5) is 0 Å². The number of hydrogen-bond acceptors (Lipinski definition) is 12. The van der Waals surface area contributed by atoms with Gasteiger partial charge in [0.2, 0.25) is 0 Å². The van der Waals surface area contributed by atoms with Gasteiger partial charge < -0.3 is 37.9 Å². The molecule has 7 atom stereocenters. The Hall–Kier alpha value is -3.32. The van der Waals surface area contributed by atoms with E-state index in [0.29, 0.717) is 12.4 Å². The molecule has 1 saturated heterocycles. The minimum Gasteiger partial charge on any atom is -0.497 e. The molecule has 1 aromatic carbocycles. The first-order valence-corrected chi connectivity index (χ1v) is 14.4. The van der Waals surface area contributed by atoms with Gasteiger partial charge in [0.05, 0.1) is 26.4 Å². The zero-order chi connectivity index (χ0) is 31.4. The smallest absolute Gasteiger partial charge is 0.303 e. The Morgan fingerprint density at radius 1 is 0.977 bits per heavy atom. The zero-order valence-electron chi connectivity index (χ0n) is 25.4. The van der Waals surface area contributed by atoms with E-state index in [1.807, 2.05) is 19.1 Å². The predicted molar refractivity (Wildman–Crippen MR) is 151 cm³/mol. The van der Waals surface area contributed by atoms with E-state index >= 15 is 0 Å². The summed E-state index contributed by atoms with van der Waals surface area (Å²) in [6, 6.07) is 7.32. The van der Waals surface area contributed by atoms with Crippen molar-refractivity contribution in [3.8, 4) is 5.75 Å². The van der Waals surface area contributed by atoms with E-state index in [1.54, 1.807) is 25.3 Å². The lowest BCUT2D eigenvalue weighted by molar-refractivity contribution is -0.182. The summed E-state index contributed by atoms with van der Waals surface area (Å²) in [6.07, 6.45) is -1.80. The zero-order valence-corrected chi connectivity index (χ0v) is 25.4. The number of ether oxygens (including phenoxy) is 8. The molecule has 0 radical (unpaired) electrons. The van der Waals surface area contributed by atoms with Gasteiger partial charge in [0.25, 0.3) is 0 Å². The van der Waals surface area contributed by atoms with Crippen LogP contribution in [-0.2, 0) is 58.9 Å². The van der Waals surface area contributed by atoms with E-state index in [1.165, 1.54) is 26.8 Å². The topological polar surface area (TPSA) is 142 Å². The largest absolute Gasteiger partial charge is 0.497 e. The number of methoxy groups -OCH3 is 1. The van der Waals surface area contributed by atoms with Gasteiger partial charge in [-0.2, -0.15) is 0 Å². The van der Waals surface area contributed by atoms with Crippen molar-refractivity contribution in [1.29, 1.82) is 0 Å². The number of ketones is 1. The van der Waals surface area contributed by atoms with Gasteiger partial charge in [0.15, 0.2) is 18.0 Å². The van der Waals surface area contributed by atoms with Crippen molar-refractivity contribution >= 4 is 23.7 Å². The average Bonchev–Trinajstić information content (AvgIpc) is 3.30. The highest BCUT2D eigenvalue weighted by Crippen LogP contribution is 2.35. The lowest BCUT2D eigenvalue weighted by Gasteiger charge is -2.33. The van der Waals surface area contributed by atoms with E-state index in [0.717, 1.165) is 18.4 Å². The molecule has 0 saturated carbocycles. The third-order valence-corrected chi connectivity index (χ3v) is 6.91. The number of carbonyl (C=O) groups excluding carboxylic acids is 4. The van der Waals surface area contributed by atoms with Crippen LogP contribution in [0.1, 0.15) is 52.5 Å². The highest BCUT2D eigenvalue weighted by atomic mass is 16.6. The lowest BCUT2D eigenvalue weighted by Crippen LogP contribution is -2.52. The second-order valence-corrected chi connectivity index (χ2v) is 10.4. The molecule has 0 N–H and O–H groups in total. The molecule has 0 aliphatic carbocycles. The summed E-state index contributed by atoms with van der Waals surface area (Å²) < 4.78 is 46.5. The summed E-state index contributed by atoms with van der Waals surface area (Å²) in [6.45, 7) is 6.24. The third-order valence-electron chi connectivity index (χ3n) is 6.91. The van der Waals surface area contributed by atoms with Crippen LogP contribution in [-0.4, -0.2) is 93.3 Å². The summed E-state index contributed by atoms with van der Waals surface area (Å²) in [5, 5.41) is 0. The van der Waals surface area contributed by atoms with Gasteiger partial charge in [-0.25, -0.2) is 0 Å². The Balaban J connectivity index is 1.98. The second kappa shape index (κ2) is 17.1. The fraction of sp³-hybridized carbons (Fsp3) is 0.613. The highest BCUT2D eigenvalue weighted by molar-refractivity contribution is 5.95. The fourth-order valence-electron chi connectivity index (χ4n) is 4.98. The van der Waals surface area contributed by atoms with E-state index in [4.69, 9.17) is 37.9 Å². The summed E-state index contributed by atoms with van der Waals surface area (Å²) >= 11 is 0. The predicted octanol–water partition coefficient (Wildman–Crippen LogP) is 2.87. The Kier molecular flexibility index (Phi) is 13.6. The van der Waals surface area contributed by atoms with Gasteiger partial charge in [-0.1, -0.05) is 31.6 Å². The first-order chi connectivity index (χ1) is 20.6. The van der Waals surface area contributed by atoms with Gasteiger partial charge in [-0.15, -0.1) is 0 Å². The van der Waals surface area contributed by atoms with Crippen LogP contribution in [0, 0.1) is 0 Å². The molecule has 2 heterocycles. The maximum atomic E-state index is 12.9. The van der Waals surface area contributed by atoms with Crippen molar-refractivity contribution in [2.75, 3.05) is 26.9 Å². The van der Waals surface area contributed by atoms with Crippen LogP contribution < -0.4 is 4.74 Å². The van der Waals surface area contributed by atoms with E-state index in [-0.39, 0.29) is 32.0 Å². The van der Waals surface area contributed by atoms with Crippen LogP contribution in [0.5, 0.6) is 5.75 Å². The molecule has 2 aliphatic heterocycles. The van der Waals surface area contributed by atoms with Crippen molar-refractivity contribution in [3.63, 3.8) is 0 Å². The first kappa shape index (κ1) is 34.2. The van der Waals surface area contributed by atoms with Crippen LogP contribution in [0.2, 0.25) is 0 Å². The standard InChI is InChI=1S/C31H42O12/c1-6-7-14-38-28-26(16-24(41-20(3)33)18-39-19(2)32)43-31(29(28)40-17-22-10-12-23(36-5)13-11-22)30(42-21(4)34)27-25(35)9-8-15-37-27/h8-13,24,26-31H,6-7,14-18H2,1-5H3/t24-,26?,27?,28?,29-,30-,31-/m1/s1. The molecule has 0 bridgehead atoms. The lowest BCUT2D eigenvalue weighted by atomic mass is 9.95. The van der Waals surface area contributed by atoms with Crippen LogP contribution in [0.25, 0.3) is 0 Å². The summed E-state index contributed by atoms with van der Waals surface area (Å²) in [4.78, 5) is 48.6. The monoisotopic (exact) mass is 606 g/mol. The summed E-state index contributed by atoms with van der Waals surface area (Å²) in [5.41, 5.74) is 0.833. The average molecular weight is 607 g/mol. The van der Waals surface area contributed by atoms with Gasteiger partial charge in [0.1, 0.15) is 36.8 Å². The second-order valence-electron chi connectivity index (χ2n) is 10.4. The first-order valence-electron chi connectivity index (χ1n) is 14.4. The minimum absolute atomic E-state index is 0.0781. The molecule has 0 aromatic heterocycles. The van der Waals surface area contributed by atoms with E-state index < -0.39 is 60.6 Å². The van der Waals surface area contributed by atoms with Crippen molar-refractivity contribution in [1.82, 2.24) is 0 Å². The van der Waals surface area contributed by atoms with Gasteiger partial charge in [-0.3, -0.25) is 19.2 Å². The minimum atomic E-state index is -1.17. The molecule has 3 unspecified atom stereocenters. The molecular formula is C31H42O12. The van der Waals surface area contributed by atoms with Crippen LogP contribution in [0.15, 0.2) is 36.4 Å². The normalized spacial score (nSPS) is 24.7. The highest BCUT2D eigenvalue weighted by Gasteiger charge is 2.54. The summed E-state index contributed by atoms with van der Waals surface area (Å²) in [7, 11) is 1.58. The van der Waals surface area contributed by atoms with Crippen LogP contribution >= 0.6 is 0 Å². The quantitative estimate of drug-likeness (QED) is 0.155. The van der Waals surface area contributed by atoms with Gasteiger partial charge in [0, 0.05) is 33.8 Å². The van der Waals surface area contributed by atoms with E-state index in [9.17, 15) is 19.2 Å². The number of benzene rings is 1. The van der Waals surface area contributed by atoms with Gasteiger partial charge >= 0.3 is 17.9 Å². The molecule has 3 rings (SSSR count). The van der Waals surface area contributed by atoms with Crippen molar-refractivity contribution < 1.29 is 57.1 Å². The Morgan fingerprint density at radius 2 is 1.70 bits per heavy atom. The van der Waals surface area contributed by atoms with Crippen molar-refractivity contribution in [2.24, 2.45) is 0 Å². The summed E-state index contributed by atoms with van der Waals surface area (Å²) in [5.74, 6) is -1.42. The molecule has 0 amide bonds. The Labute approximate surface area is 251 Å². The SMILES string of the molecule is CCCCOC1C(C[C@H](COC(C)=O)OC(C)=O)O[C@@H]([C@H](OC(C)=O)C2OCC=CC2=O)[C@@H]1OCc1ccc(OC)cc1. The fourth-order valence-corrected chi connectivity index (χ4v) is 4.98. The molecule has 12 nitrogen and oxygen atoms in total. The maximum absolute atomic E-state index is 12.9. The molecule has 238 valence electrons. The molecule has 0 spiro atoms. The molecule has 12 heteroatoms. The number of esters is 3. The van der Waals surface area contributed by atoms with Gasteiger partial charge in [-0.05, 0) is 30.2 Å². The van der Waals surface area contributed by atoms with E-state index in [2.05, 4.69) is 0 Å². The van der Waals surface area contributed by atoms with Crippen LogP contribution in [0.3, 0.4) is 0 Å². The van der Waals surface area contributed by atoms with Crippen molar-refractivity contribution in [3.05, 3.63) is 42.0 Å². The van der Waals surface area contributed by atoms with Crippen molar-refractivity contribution in [2.45, 2.75) is 96.3 Å². The Morgan fingerprint density at radius 3 is 2.30 bits per heavy atom. The molecular weight excluding hydrogens is 564 g/mol. The molecule has 1 aromatic rings. The molecule has 2 aliphatic rings. The number of unbranched alkanes of at least 4 members (excludes halogenated alkanes) is 1.